The molecule has 24 heavy (non-hydrogen) atoms. The normalized spacial score (nSPS) is 10.8. The summed E-state index contributed by atoms with van der Waals surface area (Å²) in [5.74, 6) is -0.601. The van der Waals surface area contributed by atoms with Crippen molar-refractivity contribution >= 4 is 28.8 Å². The van der Waals surface area contributed by atoms with Crippen molar-refractivity contribution in [1.29, 1.82) is 0 Å². The third-order valence-electron chi connectivity index (χ3n) is 3.28. The summed E-state index contributed by atoms with van der Waals surface area (Å²) in [7, 11) is 1.33. The highest BCUT2D eigenvalue weighted by molar-refractivity contribution is 7.16. The van der Waals surface area contributed by atoms with E-state index in [4.69, 9.17) is 16.3 Å². The van der Waals surface area contributed by atoms with Gasteiger partial charge in [-0.1, -0.05) is 17.7 Å². The highest BCUT2D eigenvalue weighted by Crippen LogP contribution is 2.33. The molecule has 0 spiro atoms. The fourth-order valence-electron chi connectivity index (χ4n) is 2.18. The smallest absolute Gasteiger partial charge is 0.387 e. The van der Waals surface area contributed by atoms with E-state index in [1.54, 1.807) is 19.1 Å². The van der Waals surface area contributed by atoms with Crippen LogP contribution in [0.25, 0.3) is 0 Å². The Morgan fingerprint density at radius 2 is 2.08 bits per heavy atom. The number of benzene rings is 1. The molecule has 0 aliphatic carbocycles. The lowest BCUT2D eigenvalue weighted by molar-refractivity contribution is -0.0516. The molecule has 1 aromatic carbocycles. The quantitative estimate of drug-likeness (QED) is 0.705. The van der Waals surface area contributed by atoms with Crippen LogP contribution in [0.2, 0.25) is 4.34 Å². The fraction of sp³-hybridized carbons (Fsp3) is 0.312. The highest BCUT2D eigenvalue weighted by Gasteiger charge is 2.24. The number of carbonyl (C=O) groups excluding carboxylic acids is 1. The molecule has 0 N–H and O–H groups in total. The first kappa shape index (κ1) is 18.5. The van der Waals surface area contributed by atoms with E-state index in [1.165, 1.54) is 35.5 Å². The van der Waals surface area contributed by atoms with E-state index >= 15 is 0 Å². The molecule has 4 nitrogen and oxygen atoms in total. The topological polar surface area (TPSA) is 38.8 Å². The zero-order valence-corrected chi connectivity index (χ0v) is 14.7. The van der Waals surface area contributed by atoms with Gasteiger partial charge in [0.25, 0.3) is 5.91 Å². The molecule has 0 aliphatic heterocycles. The lowest BCUT2D eigenvalue weighted by Gasteiger charge is -2.22. The Balaban J connectivity index is 2.32. The molecule has 2 rings (SSSR count). The number of rotatable bonds is 7. The summed E-state index contributed by atoms with van der Waals surface area (Å²) in [4.78, 5) is 15.2. The van der Waals surface area contributed by atoms with Gasteiger partial charge in [-0.25, -0.2) is 0 Å². The minimum absolute atomic E-state index is 0.0270. The number of alkyl halides is 2. The highest BCUT2D eigenvalue weighted by atomic mass is 35.5. The minimum Gasteiger partial charge on any atom is -0.493 e. The number of thiophene rings is 1. The first-order chi connectivity index (χ1) is 11.5. The Hall–Kier alpha value is -1.86. The van der Waals surface area contributed by atoms with Crippen LogP contribution in [-0.4, -0.2) is 31.1 Å². The molecular formula is C16H16ClF2NO3S. The largest absolute Gasteiger partial charge is 0.493 e. The molecule has 1 aromatic heterocycles. The number of hydrogen-bond acceptors (Lipinski definition) is 4. The van der Waals surface area contributed by atoms with Crippen LogP contribution >= 0.6 is 22.9 Å². The van der Waals surface area contributed by atoms with Crippen molar-refractivity contribution in [1.82, 2.24) is 4.90 Å². The van der Waals surface area contributed by atoms with Gasteiger partial charge in [-0.15, -0.1) is 11.3 Å². The zero-order valence-electron chi connectivity index (χ0n) is 13.1. The molecule has 0 saturated heterocycles. The molecule has 8 heteroatoms. The average Bonchev–Trinajstić information content (AvgIpc) is 2.96. The second kappa shape index (κ2) is 8.30. The maximum atomic E-state index is 12.8. The molecule has 1 amide bonds. The Labute approximate surface area is 147 Å². The van der Waals surface area contributed by atoms with Gasteiger partial charge in [0.05, 0.1) is 23.6 Å². The van der Waals surface area contributed by atoms with Crippen molar-refractivity contribution in [2.45, 2.75) is 20.1 Å². The van der Waals surface area contributed by atoms with Gasteiger partial charge in [0, 0.05) is 11.4 Å². The van der Waals surface area contributed by atoms with Crippen LogP contribution in [0.3, 0.4) is 0 Å². The summed E-state index contributed by atoms with van der Waals surface area (Å²) >= 11 is 7.26. The molecule has 0 bridgehead atoms. The zero-order chi connectivity index (χ0) is 17.7. The molecule has 2 aromatic rings. The SMILES string of the molecule is CCN(Cc1ccc(Cl)s1)C(=O)c1cccc(OC)c1OC(F)F. The summed E-state index contributed by atoms with van der Waals surface area (Å²) in [6.45, 7) is -0.516. The summed E-state index contributed by atoms with van der Waals surface area (Å²) in [6.07, 6.45) is 0. The van der Waals surface area contributed by atoms with Crippen LogP contribution in [0.4, 0.5) is 8.78 Å². The summed E-state index contributed by atoms with van der Waals surface area (Å²) in [5.41, 5.74) is 0.0270. The van der Waals surface area contributed by atoms with Crippen molar-refractivity contribution in [3.05, 3.63) is 45.1 Å². The molecule has 0 atom stereocenters. The van der Waals surface area contributed by atoms with Crippen LogP contribution in [0.15, 0.2) is 30.3 Å². The van der Waals surface area contributed by atoms with Crippen molar-refractivity contribution in [3.8, 4) is 11.5 Å². The maximum absolute atomic E-state index is 12.8. The van der Waals surface area contributed by atoms with Crippen molar-refractivity contribution in [3.63, 3.8) is 0 Å². The summed E-state index contributed by atoms with van der Waals surface area (Å²) < 4.78 is 35.6. The number of amides is 1. The molecule has 1 heterocycles. The summed E-state index contributed by atoms with van der Waals surface area (Å²) in [5, 5.41) is 0. The van der Waals surface area contributed by atoms with Crippen LogP contribution in [0, 0.1) is 0 Å². The van der Waals surface area contributed by atoms with Gasteiger partial charge in [-0.2, -0.15) is 8.78 Å². The molecule has 0 fully saturated rings. The van der Waals surface area contributed by atoms with Gasteiger partial charge >= 0.3 is 6.61 Å². The molecule has 0 aliphatic rings. The van der Waals surface area contributed by atoms with E-state index in [2.05, 4.69) is 4.74 Å². The van der Waals surface area contributed by atoms with E-state index in [0.717, 1.165) is 4.88 Å². The lowest BCUT2D eigenvalue weighted by Crippen LogP contribution is -2.30. The predicted octanol–water partition coefficient (Wildman–Crippen LogP) is 4.67. The van der Waals surface area contributed by atoms with Crippen LogP contribution in [0.5, 0.6) is 11.5 Å². The van der Waals surface area contributed by atoms with Gasteiger partial charge in [-0.05, 0) is 31.2 Å². The first-order valence-corrected chi connectivity index (χ1v) is 8.31. The van der Waals surface area contributed by atoms with E-state index in [0.29, 0.717) is 17.4 Å². The Kier molecular flexibility index (Phi) is 6.39. The third kappa shape index (κ3) is 4.36. The van der Waals surface area contributed by atoms with Crippen molar-refractivity contribution < 1.29 is 23.0 Å². The number of nitrogens with zero attached hydrogens (tertiary/aromatic N) is 1. The van der Waals surface area contributed by atoms with Crippen LogP contribution in [0.1, 0.15) is 22.2 Å². The van der Waals surface area contributed by atoms with Gasteiger partial charge in [0.15, 0.2) is 11.5 Å². The Morgan fingerprint density at radius 1 is 1.33 bits per heavy atom. The van der Waals surface area contributed by atoms with E-state index < -0.39 is 12.5 Å². The minimum atomic E-state index is -3.06. The van der Waals surface area contributed by atoms with Crippen molar-refractivity contribution in [2.24, 2.45) is 0 Å². The number of carbonyl (C=O) groups is 1. The van der Waals surface area contributed by atoms with Gasteiger partial charge < -0.3 is 14.4 Å². The second-order valence-corrected chi connectivity index (χ2v) is 6.54. The van der Waals surface area contributed by atoms with Crippen LogP contribution in [-0.2, 0) is 6.54 Å². The number of para-hydroxylation sites is 1. The number of ether oxygens (including phenoxy) is 2. The maximum Gasteiger partial charge on any atom is 0.387 e. The van der Waals surface area contributed by atoms with Gasteiger partial charge in [0.1, 0.15) is 0 Å². The summed E-state index contributed by atoms with van der Waals surface area (Å²) in [6, 6.07) is 8.03. The molecule has 130 valence electrons. The van der Waals surface area contributed by atoms with E-state index in [9.17, 15) is 13.6 Å². The standard InChI is InChI=1S/C16H16ClF2NO3S/c1-3-20(9-10-7-8-13(17)24-10)15(21)11-5-4-6-12(22-2)14(11)23-16(18)19/h4-8,16H,3,9H2,1-2H3. The first-order valence-electron chi connectivity index (χ1n) is 7.11. The predicted molar refractivity (Wildman–Crippen MR) is 89.4 cm³/mol. The van der Waals surface area contributed by atoms with Gasteiger partial charge in [-0.3, -0.25) is 4.79 Å². The van der Waals surface area contributed by atoms with E-state index in [-0.39, 0.29) is 17.1 Å². The second-order valence-electron chi connectivity index (χ2n) is 4.74. The lowest BCUT2D eigenvalue weighted by atomic mass is 10.1. The molecular weight excluding hydrogens is 360 g/mol. The molecule has 0 radical (unpaired) electrons. The van der Waals surface area contributed by atoms with Crippen LogP contribution < -0.4 is 9.47 Å². The third-order valence-corrected chi connectivity index (χ3v) is 4.50. The Bertz CT molecular complexity index is 708. The molecule has 0 saturated carbocycles. The number of halogens is 3. The Morgan fingerprint density at radius 3 is 2.62 bits per heavy atom. The fourth-order valence-corrected chi connectivity index (χ4v) is 3.28. The van der Waals surface area contributed by atoms with Crippen molar-refractivity contribution in [2.75, 3.05) is 13.7 Å². The molecule has 0 unspecified atom stereocenters. The average molecular weight is 376 g/mol. The number of methoxy groups -OCH3 is 1. The number of hydrogen-bond donors (Lipinski definition) is 0. The van der Waals surface area contributed by atoms with E-state index in [1.807, 2.05) is 6.07 Å². The van der Waals surface area contributed by atoms with Gasteiger partial charge in [0.2, 0.25) is 0 Å². The monoisotopic (exact) mass is 375 g/mol.